The second-order valence-electron chi connectivity index (χ2n) is 9.95. The molecule has 1 aliphatic heterocycles. The normalized spacial score (nSPS) is 12.9. The monoisotopic (exact) mass is 642 g/mol. The van der Waals surface area contributed by atoms with Crippen molar-refractivity contribution >= 4 is 44.9 Å². The largest absolute Gasteiger partial charge is 0.497 e. The predicted octanol–water partition coefficient (Wildman–Crippen LogP) is 4.77. The standard InChI is InChI=1S/C30H28Cl2N4O6S/c1-41-21-7-4-18(5-8-21)16-33-30-34-27-17-35(28(37)19-6-9-25(31)26(32)12-19)11-10-24(27)29(38)36(30)20-13-22(42-2)15-23(14-20)43(3,39)40/h4-9,12-15H,10-11,16-17H2,1-3H3,(H,33,34). The number of hydrogen-bond donors (Lipinski definition) is 1. The van der Waals surface area contributed by atoms with E-state index in [1.165, 1.54) is 29.9 Å². The summed E-state index contributed by atoms with van der Waals surface area (Å²) in [6, 6.07) is 16.4. The molecule has 1 amide bonds. The van der Waals surface area contributed by atoms with Crippen molar-refractivity contribution in [1.82, 2.24) is 14.5 Å². The van der Waals surface area contributed by atoms with E-state index in [0.29, 0.717) is 34.1 Å². The van der Waals surface area contributed by atoms with Crippen LogP contribution in [-0.2, 0) is 29.3 Å². The molecule has 1 N–H and O–H groups in total. The number of hydrogen-bond acceptors (Lipinski definition) is 8. The molecule has 0 atom stereocenters. The van der Waals surface area contributed by atoms with E-state index in [0.717, 1.165) is 11.8 Å². The summed E-state index contributed by atoms with van der Waals surface area (Å²) in [5.41, 5.74) is 2.01. The Bertz CT molecular complexity index is 1880. The van der Waals surface area contributed by atoms with Crippen molar-refractivity contribution < 1.29 is 22.7 Å². The van der Waals surface area contributed by atoms with Crippen LogP contribution in [0.15, 0.2) is 70.4 Å². The molecule has 0 fully saturated rings. The van der Waals surface area contributed by atoms with Gasteiger partial charge < -0.3 is 19.7 Å². The summed E-state index contributed by atoms with van der Waals surface area (Å²) in [4.78, 5) is 33.8. The van der Waals surface area contributed by atoms with Crippen LogP contribution in [0.25, 0.3) is 5.69 Å². The molecule has 0 saturated heterocycles. The smallest absolute Gasteiger partial charge is 0.263 e. The van der Waals surface area contributed by atoms with Crippen molar-refractivity contribution in [3.63, 3.8) is 0 Å². The van der Waals surface area contributed by atoms with Crippen molar-refractivity contribution in [1.29, 1.82) is 0 Å². The zero-order valence-electron chi connectivity index (χ0n) is 23.6. The number of sulfone groups is 1. The van der Waals surface area contributed by atoms with Gasteiger partial charge in [-0.15, -0.1) is 0 Å². The minimum Gasteiger partial charge on any atom is -0.497 e. The number of carbonyl (C=O) groups excluding carboxylic acids is 1. The highest BCUT2D eigenvalue weighted by Gasteiger charge is 2.28. The van der Waals surface area contributed by atoms with E-state index >= 15 is 0 Å². The van der Waals surface area contributed by atoms with E-state index < -0.39 is 9.84 Å². The third-order valence-electron chi connectivity index (χ3n) is 7.08. The molecule has 0 bridgehead atoms. The van der Waals surface area contributed by atoms with Gasteiger partial charge in [0, 0.05) is 36.5 Å². The number of nitrogens with zero attached hydrogens (tertiary/aromatic N) is 3. The van der Waals surface area contributed by atoms with Gasteiger partial charge in [-0.2, -0.15) is 0 Å². The Hall–Kier alpha value is -4.06. The molecule has 43 heavy (non-hydrogen) atoms. The Morgan fingerprint density at radius 2 is 1.70 bits per heavy atom. The first-order valence-corrected chi connectivity index (χ1v) is 15.8. The Kier molecular flexibility index (Phi) is 8.68. The van der Waals surface area contributed by atoms with Crippen molar-refractivity contribution in [3.05, 3.63) is 103 Å². The van der Waals surface area contributed by atoms with Gasteiger partial charge in [-0.1, -0.05) is 35.3 Å². The quantitative estimate of drug-likeness (QED) is 0.292. The number of amides is 1. The molecule has 0 unspecified atom stereocenters. The van der Waals surface area contributed by atoms with E-state index in [4.69, 9.17) is 37.7 Å². The van der Waals surface area contributed by atoms with E-state index in [-0.39, 0.29) is 58.3 Å². The van der Waals surface area contributed by atoms with Gasteiger partial charge in [-0.3, -0.25) is 9.59 Å². The Balaban J connectivity index is 1.58. The van der Waals surface area contributed by atoms with Crippen LogP contribution < -0.4 is 20.3 Å². The number of ether oxygens (including phenoxy) is 2. The molecule has 1 aliphatic rings. The topological polar surface area (TPSA) is 120 Å². The highest BCUT2D eigenvalue weighted by Crippen LogP contribution is 2.28. The number of carbonyl (C=O) groups is 1. The van der Waals surface area contributed by atoms with Crippen molar-refractivity contribution in [3.8, 4) is 17.2 Å². The van der Waals surface area contributed by atoms with Gasteiger partial charge in [0.05, 0.1) is 47.1 Å². The van der Waals surface area contributed by atoms with Crippen molar-refractivity contribution in [2.24, 2.45) is 0 Å². The van der Waals surface area contributed by atoms with Crippen LogP contribution in [0.2, 0.25) is 10.0 Å². The van der Waals surface area contributed by atoms with Gasteiger partial charge in [0.25, 0.3) is 11.5 Å². The average Bonchev–Trinajstić information content (AvgIpc) is 3.00. The zero-order valence-corrected chi connectivity index (χ0v) is 25.9. The third kappa shape index (κ3) is 6.48. The molecule has 0 aliphatic carbocycles. The second kappa shape index (κ2) is 12.3. The lowest BCUT2D eigenvalue weighted by molar-refractivity contribution is 0.0731. The minimum absolute atomic E-state index is 0.00836. The van der Waals surface area contributed by atoms with Crippen LogP contribution in [0.4, 0.5) is 5.95 Å². The highest BCUT2D eigenvalue weighted by molar-refractivity contribution is 7.90. The lowest BCUT2D eigenvalue weighted by Crippen LogP contribution is -2.40. The molecule has 13 heteroatoms. The van der Waals surface area contributed by atoms with E-state index in [1.807, 2.05) is 24.3 Å². The SMILES string of the molecule is COc1ccc(CNc2nc3c(c(=O)n2-c2cc(OC)cc(S(C)(=O)=O)c2)CCN(C(=O)c2ccc(Cl)c(Cl)c2)C3)cc1. The fourth-order valence-corrected chi connectivity index (χ4v) is 5.74. The van der Waals surface area contributed by atoms with Crippen LogP contribution in [0.3, 0.4) is 0 Å². The lowest BCUT2D eigenvalue weighted by atomic mass is 10.0. The van der Waals surface area contributed by atoms with Crippen molar-refractivity contribution in [2.75, 3.05) is 32.3 Å². The highest BCUT2D eigenvalue weighted by atomic mass is 35.5. The van der Waals surface area contributed by atoms with Gasteiger partial charge in [-0.25, -0.2) is 18.0 Å². The molecular formula is C30H28Cl2N4O6S. The Morgan fingerprint density at radius 3 is 2.35 bits per heavy atom. The molecule has 0 saturated carbocycles. The summed E-state index contributed by atoms with van der Waals surface area (Å²) >= 11 is 12.2. The summed E-state index contributed by atoms with van der Waals surface area (Å²) in [5.74, 6) is 0.871. The summed E-state index contributed by atoms with van der Waals surface area (Å²) in [5, 5.41) is 3.83. The van der Waals surface area contributed by atoms with Gasteiger partial charge in [0.15, 0.2) is 9.84 Å². The predicted molar refractivity (Wildman–Crippen MR) is 165 cm³/mol. The maximum atomic E-state index is 14.1. The Morgan fingerprint density at radius 1 is 0.977 bits per heavy atom. The van der Waals surface area contributed by atoms with Crippen LogP contribution in [-0.4, -0.2) is 55.8 Å². The second-order valence-corrected chi connectivity index (χ2v) is 12.8. The number of anilines is 1. The number of halogens is 2. The van der Waals surface area contributed by atoms with Crippen LogP contribution in [0.5, 0.6) is 11.5 Å². The fraction of sp³-hybridized carbons (Fsp3) is 0.233. The molecule has 1 aromatic heterocycles. The third-order valence-corrected chi connectivity index (χ3v) is 8.92. The maximum absolute atomic E-state index is 14.1. The van der Waals surface area contributed by atoms with Gasteiger partial charge in [-0.05, 0) is 54.4 Å². The molecule has 0 radical (unpaired) electrons. The number of nitrogens with one attached hydrogen (secondary N) is 1. The first-order chi connectivity index (χ1) is 20.5. The fourth-order valence-electron chi connectivity index (χ4n) is 4.77. The average molecular weight is 644 g/mol. The first-order valence-electron chi connectivity index (χ1n) is 13.1. The van der Waals surface area contributed by atoms with Gasteiger partial charge in [0.2, 0.25) is 5.95 Å². The van der Waals surface area contributed by atoms with E-state index in [2.05, 4.69) is 5.32 Å². The van der Waals surface area contributed by atoms with E-state index in [9.17, 15) is 18.0 Å². The number of fused-ring (bicyclic) bond motifs is 1. The van der Waals surface area contributed by atoms with Crippen LogP contribution in [0, 0.1) is 0 Å². The van der Waals surface area contributed by atoms with Gasteiger partial charge >= 0.3 is 0 Å². The summed E-state index contributed by atoms with van der Waals surface area (Å²) in [7, 11) is -0.631. The Labute approximate surface area is 258 Å². The number of benzene rings is 3. The zero-order chi connectivity index (χ0) is 30.9. The minimum atomic E-state index is -3.63. The molecule has 4 aromatic rings. The van der Waals surface area contributed by atoms with Crippen molar-refractivity contribution in [2.45, 2.75) is 24.4 Å². The van der Waals surface area contributed by atoms with Crippen LogP contribution in [0.1, 0.15) is 27.2 Å². The molecule has 2 heterocycles. The summed E-state index contributed by atoms with van der Waals surface area (Å²) in [6.07, 6.45) is 1.33. The van der Waals surface area contributed by atoms with E-state index in [1.54, 1.807) is 30.2 Å². The number of aromatic nitrogens is 2. The number of methoxy groups -OCH3 is 2. The van der Waals surface area contributed by atoms with Crippen LogP contribution >= 0.6 is 23.2 Å². The summed E-state index contributed by atoms with van der Waals surface area (Å²) < 4.78 is 36.9. The lowest BCUT2D eigenvalue weighted by Gasteiger charge is -2.29. The van der Waals surface area contributed by atoms with Gasteiger partial charge in [0.1, 0.15) is 11.5 Å². The molecule has 3 aromatic carbocycles. The first kappa shape index (κ1) is 30.4. The molecule has 0 spiro atoms. The molecule has 224 valence electrons. The maximum Gasteiger partial charge on any atom is 0.263 e. The number of rotatable bonds is 8. The summed E-state index contributed by atoms with van der Waals surface area (Å²) in [6.45, 7) is 0.659. The molecule has 5 rings (SSSR count). The molecule has 10 nitrogen and oxygen atoms in total. The molecular weight excluding hydrogens is 615 g/mol.